The minimum Gasteiger partial charge on any atom is -0.370 e. The molecular formula is C14H17N5OS. The molecule has 0 spiro atoms. The second-order valence-electron chi connectivity index (χ2n) is 5.09. The Bertz CT molecular complexity index is 624. The first-order valence-electron chi connectivity index (χ1n) is 6.98. The van der Waals surface area contributed by atoms with Gasteiger partial charge < -0.3 is 10.3 Å². The Morgan fingerprint density at radius 1 is 1.38 bits per heavy atom. The zero-order chi connectivity index (χ0) is 14.7. The van der Waals surface area contributed by atoms with Crippen molar-refractivity contribution >= 4 is 17.7 Å². The van der Waals surface area contributed by atoms with Crippen LogP contribution in [0.3, 0.4) is 0 Å². The third-order valence-electron chi connectivity index (χ3n) is 3.35. The van der Waals surface area contributed by atoms with Gasteiger partial charge in [0.1, 0.15) is 5.82 Å². The topological polar surface area (TPSA) is 86.7 Å². The Morgan fingerprint density at radius 2 is 2.24 bits per heavy atom. The Hall–Kier alpha value is -1.89. The van der Waals surface area contributed by atoms with Crippen molar-refractivity contribution in [2.24, 2.45) is 5.73 Å². The minimum absolute atomic E-state index is 0.300. The number of nitrogens with zero attached hydrogens (tertiary/aromatic N) is 4. The molecule has 1 aliphatic carbocycles. The minimum atomic E-state index is -0.300. The molecular weight excluding hydrogens is 286 g/mol. The van der Waals surface area contributed by atoms with Crippen molar-refractivity contribution in [2.75, 3.05) is 0 Å². The summed E-state index contributed by atoms with van der Waals surface area (Å²) in [4.78, 5) is 15.3. The molecule has 0 aromatic carbocycles. The summed E-state index contributed by atoms with van der Waals surface area (Å²) in [6.07, 6.45) is 4.40. The molecule has 2 N–H and O–H groups in total. The number of hydrogen-bond acceptors (Lipinski definition) is 5. The number of hydrogen-bond donors (Lipinski definition) is 1. The fourth-order valence-electron chi connectivity index (χ4n) is 2.10. The van der Waals surface area contributed by atoms with Gasteiger partial charge in [0.25, 0.3) is 0 Å². The number of amides is 1. The molecule has 6 nitrogen and oxygen atoms in total. The van der Waals surface area contributed by atoms with E-state index in [2.05, 4.69) is 15.2 Å². The van der Waals surface area contributed by atoms with E-state index in [1.807, 2.05) is 22.8 Å². The Kier molecular flexibility index (Phi) is 4.19. The van der Waals surface area contributed by atoms with E-state index in [1.54, 1.807) is 18.0 Å². The van der Waals surface area contributed by atoms with Gasteiger partial charge in [-0.1, -0.05) is 17.8 Å². The lowest BCUT2D eigenvalue weighted by Crippen LogP contribution is -2.15. The van der Waals surface area contributed by atoms with Gasteiger partial charge in [-0.05, 0) is 25.0 Å². The normalized spacial score (nSPS) is 14.3. The highest BCUT2D eigenvalue weighted by atomic mass is 32.2. The molecule has 0 atom stereocenters. The van der Waals surface area contributed by atoms with Crippen LogP contribution in [0.1, 0.15) is 36.7 Å². The maximum Gasteiger partial charge on any atom is 0.219 e. The Balaban J connectivity index is 1.72. The van der Waals surface area contributed by atoms with E-state index in [0.29, 0.717) is 18.9 Å². The molecule has 0 unspecified atom stereocenters. The van der Waals surface area contributed by atoms with Gasteiger partial charge in [-0.3, -0.25) is 9.78 Å². The molecule has 110 valence electrons. The van der Waals surface area contributed by atoms with E-state index >= 15 is 0 Å². The Labute approximate surface area is 127 Å². The molecule has 1 aliphatic rings. The first kappa shape index (κ1) is 14.1. The molecule has 2 heterocycles. The van der Waals surface area contributed by atoms with Crippen LogP contribution in [0.2, 0.25) is 0 Å². The highest BCUT2D eigenvalue weighted by molar-refractivity contribution is 7.98. The standard InChI is InChI=1S/C14H17N5OS/c15-12(20)6-8-19-13(10-4-5-10)17-18-14(19)21-9-11-3-1-2-7-16-11/h1-3,7,10H,4-6,8-9H2,(H2,15,20). The molecule has 0 aliphatic heterocycles. The number of nitrogens with two attached hydrogens (primary N) is 1. The third kappa shape index (κ3) is 3.60. The van der Waals surface area contributed by atoms with Crippen molar-refractivity contribution in [3.05, 3.63) is 35.9 Å². The van der Waals surface area contributed by atoms with E-state index in [-0.39, 0.29) is 5.91 Å². The van der Waals surface area contributed by atoms with Crippen LogP contribution in [0.5, 0.6) is 0 Å². The number of carbonyl (C=O) groups excluding carboxylic acids is 1. The average molecular weight is 303 g/mol. The molecule has 3 rings (SSSR count). The average Bonchev–Trinajstić information content (AvgIpc) is 3.25. The lowest BCUT2D eigenvalue weighted by molar-refractivity contribution is -0.118. The van der Waals surface area contributed by atoms with Gasteiger partial charge in [-0.15, -0.1) is 10.2 Å². The molecule has 2 aromatic rings. The van der Waals surface area contributed by atoms with Gasteiger partial charge in [0.05, 0.1) is 5.69 Å². The van der Waals surface area contributed by atoms with E-state index < -0.39 is 0 Å². The molecule has 7 heteroatoms. The van der Waals surface area contributed by atoms with Crippen LogP contribution in [-0.4, -0.2) is 25.7 Å². The number of pyridine rings is 1. The largest absolute Gasteiger partial charge is 0.370 e. The Morgan fingerprint density at radius 3 is 2.90 bits per heavy atom. The molecule has 0 saturated heterocycles. The molecule has 0 bridgehead atoms. The lowest BCUT2D eigenvalue weighted by atomic mass is 10.3. The van der Waals surface area contributed by atoms with E-state index in [4.69, 9.17) is 5.73 Å². The second-order valence-corrected chi connectivity index (χ2v) is 6.04. The van der Waals surface area contributed by atoms with Crippen molar-refractivity contribution in [3.8, 4) is 0 Å². The highest BCUT2D eigenvalue weighted by Gasteiger charge is 2.30. The zero-order valence-corrected chi connectivity index (χ0v) is 12.4. The number of rotatable bonds is 7. The predicted molar refractivity (Wildman–Crippen MR) is 79.6 cm³/mol. The summed E-state index contributed by atoms with van der Waals surface area (Å²) in [6.45, 7) is 0.554. The van der Waals surface area contributed by atoms with Gasteiger partial charge >= 0.3 is 0 Å². The molecule has 2 aromatic heterocycles. The van der Waals surface area contributed by atoms with Crippen molar-refractivity contribution in [2.45, 2.75) is 42.6 Å². The molecule has 1 amide bonds. The highest BCUT2D eigenvalue weighted by Crippen LogP contribution is 2.40. The first-order valence-corrected chi connectivity index (χ1v) is 7.96. The number of aromatic nitrogens is 4. The predicted octanol–water partition coefficient (Wildman–Crippen LogP) is 1.72. The van der Waals surface area contributed by atoms with Crippen molar-refractivity contribution in [1.82, 2.24) is 19.7 Å². The maximum absolute atomic E-state index is 11.0. The monoisotopic (exact) mass is 303 g/mol. The number of thioether (sulfide) groups is 1. The first-order chi connectivity index (χ1) is 10.2. The molecule has 1 saturated carbocycles. The summed E-state index contributed by atoms with van der Waals surface area (Å²) in [5.74, 6) is 1.92. The van der Waals surface area contributed by atoms with Crippen LogP contribution in [0.4, 0.5) is 0 Å². The van der Waals surface area contributed by atoms with E-state index in [1.165, 1.54) is 0 Å². The lowest BCUT2D eigenvalue weighted by Gasteiger charge is -2.08. The van der Waals surface area contributed by atoms with Crippen LogP contribution in [-0.2, 0) is 17.1 Å². The van der Waals surface area contributed by atoms with Crippen LogP contribution in [0.25, 0.3) is 0 Å². The van der Waals surface area contributed by atoms with Crippen LogP contribution in [0.15, 0.2) is 29.6 Å². The van der Waals surface area contributed by atoms with Gasteiger partial charge in [0, 0.05) is 30.8 Å². The van der Waals surface area contributed by atoms with E-state index in [0.717, 1.165) is 35.3 Å². The van der Waals surface area contributed by atoms with Crippen LogP contribution < -0.4 is 5.73 Å². The summed E-state index contributed by atoms with van der Waals surface area (Å²) in [6, 6.07) is 5.85. The number of primary amides is 1. The van der Waals surface area contributed by atoms with Gasteiger partial charge in [-0.25, -0.2) is 0 Å². The van der Waals surface area contributed by atoms with Crippen molar-refractivity contribution in [1.29, 1.82) is 0 Å². The summed E-state index contributed by atoms with van der Waals surface area (Å²) < 4.78 is 2.04. The third-order valence-corrected chi connectivity index (χ3v) is 4.35. The van der Waals surface area contributed by atoms with Crippen molar-refractivity contribution in [3.63, 3.8) is 0 Å². The van der Waals surface area contributed by atoms with Gasteiger partial charge in [0.15, 0.2) is 5.16 Å². The summed E-state index contributed by atoms with van der Waals surface area (Å²) >= 11 is 1.59. The van der Waals surface area contributed by atoms with Crippen LogP contribution in [0, 0.1) is 0 Å². The van der Waals surface area contributed by atoms with Crippen LogP contribution >= 0.6 is 11.8 Å². The maximum atomic E-state index is 11.0. The quantitative estimate of drug-likeness (QED) is 0.787. The molecule has 21 heavy (non-hydrogen) atoms. The zero-order valence-electron chi connectivity index (χ0n) is 11.6. The number of carbonyl (C=O) groups is 1. The fraction of sp³-hybridized carbons (Fsp3) is 0.429. The SMILES string of the molecule is NC(=O)CCn1c(SCc2ccccn2)nnc1C1CC1. The van der Waals surface area contributed by atoms with Gasteiger partial charge in [-0.2, -0.15) is 0 Å². The van der Waals surface area contributed by atoms with Crippen molar-refractivity contribution < 1.29 is 4.79 Å². The second kappa shape index (κ2) is 6.26. The summed E-state index contributed by atoms with van der Waals surface area (Å²) in [5, 5.41) is 9.39. The fourth-order valence-corrected chi connectivity index (χ4v) is 2.99. The smallest absolute Gasteiger partial charge is 0.219 e. The molecule has 0 radical (unpaired) electrons. The summed E-state index contributed by atoms with van der Waals surface area (Å²) in [5.41, 5.74) is 6.26. The van der Waals surface area contributed by atoms with E-state index in [9.17, 15) is 4.79 Å². The molecule has 1 fully saturated rings. The summed E-state index contributed by atoms with van der Waals surface area (Å²) in [7, 11) is 0. The van der Waals surface area contributed by atoms with Gasteiger partial charge in [0.2, 0.25) is 5.91 Å².